The summed E-state index contributed by atoms with van der Waals surface area (Å²) in [6, 6.07) is 10.0. The number of rotatable bonds is 5. The zero-order valence-electron chi connectivity index (χ0n) is 16.7. The third kappa shape index (κ3) is 3.99. The highest BCUT2D eigenvalue weighted by Gasteiger charge is 2.20. The van der Waals surface area contributed by atoms with Crippen molar-refractivity contribution in [2.75, 3.05) is 18.0 Å². The second-order valence-corrected chi connectivity index (χ2v) is 7.33. The first-order valence-electron chi connectivity index (χ1n) is 9.83. The summed E-state index contributed by atoms with van der Waals surface area (Å²) in [4.78, 5) is 19.6. The van der Waals surface area contributed by atoms with E-state index in [9.17, 15) is 9.18 Å². The van der Waals surface area contributed by atoms with Gasteiger partial charge in [0.1, 0.15) is 11.6 Å². The van der Waals surface area contributed by atoms with Crippen molar-refractivity contribution >= 4 is 11.7 Å². The van der Waals surface area contributed by atoms with Crippen molar-refractivity contribution in [3.8, 4) is 5.69 Å². The molecule has 0 aliphatic carbocycles. The third-order valence-corrected chi connectivity index (χ3v) is 5.28. The number of carbonyl (C=O) groups excluding carboxylic acids is 1. The Balaban J connectivity index is 1.49. The number of hydrogen-bond acceptors (Lipinski definition) is 4. The van der Waals surface area contributed by atoms with E-state index in [1.165, 1.54) is 25.0 Å². The van der Waals surface area contributed by atoms with Crippen LogP contribution in [0.2, 0.25) is 0 Å². The number of pyridine rings is 1. The molecule has 7 heteroatoms. The van der Waals surface area contributed by atoms with E-state index in [-0.39, 0.29) is 11.7 Å². The molecule has 1 amide bonds. The molecule has 6 nitrogen and oxygen atoms in total. The number of amides is 1. The molecule has 0 spiro atoms. The molecule has 0 atom stereocenters. The molecule has 1 saturated heterocycles. The molecular weight excluding hydrogens is 369 g/mol. The first-order valence-corrected chi connectivity index (χ1v) is 9.83. The van der Waals surface area contributed by atoms with E-state index in [2.05, 4.69) is 20.3 Å². The SMILES string of the molecule is Cc1nn(-c2ccc(F)cc2)c(C)c1C(=O)NCc1ccnc(N2CCCC2)c1. The lowest BCUT2D eigenvalue weighted by atomic mass is 10.1. The molecule has 1 N–H and O–H groups in total. The topological polar surface area (TPSA) is 63.1 Å². The van der Waals surface area contributed by atoms with E-state index in [1.54, 1.807) is 29.9 Å². The van der Waals surface area contributed by atoms with Crippen LogP contribution in [0.4, 0.5) is 10.2 Å². The van der Waals surface area contributed by atoms with Crippen LogP contribution in [0.3, 0.4) is 0 Å². The minimum atomic E-state index is -0.307. The Morgan fingerprint density at radius 3 is 2.59 bits per heavy atom. The highest BCUT2D eigenvalue weighted by Crippen LogP contribution is 2.20. The van der Waals surface area contributed by atoms with Crippen LogP contribution >= 0.6 is 0 Å². The predicted octanol–water partition coefficient (Wildman–Crippen LogP) is 3.55. The number of halogens is 1. The van der Waals surface area contributed by atoms with Gasteiger partial charge in [-0.25, -0.2) is 14.1 Å². The molecule has 150 valence electrons. The lowest BCUT2D eigenvalue weighted by molar-refractivity contribution is 0.0949. The van der Waals surface area contributed by atoms with Gasteiger partial charge >= 0.3 is 0 Å². The van der Waals surface area contributed by atoms with Crippen LogP contribution < -0.4 is 10.2 Å². The first kappa shape index (κ1) is 19.1. The van der Waals surface area contributed by atoms with Crippen molar-refractivity contribution in [1.29, 1.82) is 0 Å². The smallest absolute Gasteiger partial charge is 0.255 e. The zero-order valence-corrected chi connectivity index (χ0v) is 16.7. The second kappa shape index (κ2) is 8.03. The van der Waals surface area contributed by atoms with E-state index in [1.807, 2.05) is 19.1 Å². The predicted molar refractivity (Wildman–Crippen MR) is 110 cm³/mol. The third-order valence-electron chi connectivity index (χ3n) is 5.28. The number of anilines is 1. The second-order valence-electron chi connectivity index (χ2n) is 7.33. The molecule has 1 aromatic carbocycles. The number of nitrogens with zero attached hydrogens (tertiary/aromatic N) is 4. The summed E-state index contributed by atoms with van der Waals surface area (Å²) in [7, 11) is 0. The number of aromatic nitrogens is 3. The van der Waals surface area contributed by atoms with Gasteiger partial charge in [-0.1, -0.05) is 0 Å². The minimum absolute atomic E-state index is 0.173. The molecule has 0 bridgehead atoms. The van der Waals surface area contributed by atoms with Gasteiger partial charge in [-0.05, 0) is 68.7 Å². The Morgan fingerprint density at radius 2 is 1.86 bits per heavy atom. The summed E-state index contributed by atoms with van der Waals surface area (Å²) >= 11 is 0. The Bertz CT molecular complexity index is 1020. The lowest BCUT2D eigenvalue weighted by Crippen LogP contribution is -2.24. The van der Waals surface area contributed by atoms with E-state index < -0.39 is 0 Å². The maximum Gasteiger partial charge on any atom is 0.255 e. The Labute approximate surface area is 169 Å². The summed E-state index contributed by atoms with van der Waals surface area (Å²) in [5.74, 6) is 0.484. The van der Waals surface area contributed by atoms with Gasteiger partial charge in [-0.3, -0.25) is 4.79 Å². The molecule has 1 aliphatic rings. The number of benzene rings is 1. The van der Waals surface area contributed by atoms with Gasteiger partial charge in [0, 0.05) is 25.8 Å². The number of carbonyl (C=O) groups is 1. The number of hydrogen-bond donors (Lipinski definition) is 1. The fourth-order valence-corrected chi connectivity index (χ4v) is 3.77. The largest absolute Gasteiger partial charge is 0.357 e. The molecule has 4 rings (SSSR count). The summed E-state index contributed by atoms with van der Waals surface area (Å²) in [6.07, 6.45) is 4.18. The molecule has 1 fully saturated rings. The highest BCUT2D eigenvalue weighted by atomic mass is 19.1. The van der Waals surface area contributed by atoms with Gasteiger partial charge in [0.2, 0.25) is 0 Å². The summed E-state index contributed by atoms with van der Waals surface area (Å²) in [5.41, 5.74) is 3.63. The van der Waals surface area contributed by atoms with E-state index in [0.717, 1.165) is 35.9 Å². The van der Waals surface area contributed by atoms with Crippen LogP contribution in [0.1, 0.15) is 40.2 Å². The van der Waals surface area contributed by atoms with Crippen LogP contribution in [0.15, 0.2) is 42.6 Å². The minimum Gasteiger partial charge on any atom is -0.357 e. The van der Waals surface area contributed by atoms with Crippen molar-refractivity contribution in [3.05, 3.63) is 70.9 Å². The highest BCUT2D eigenvalue weighted by molar-refractivity contribution is 5.96. The average Bonchev–Trinajstić information content (AvgIpc) is 3.35. The normalized spacial score (nSPS) is 13.7. The molecular formula is C22H24FN5O. The van der Waals surface area contributed by atoms with Gasteiger partial charge in [-0.2, -0.15) is 5.10 Å². The molecule has 3 aromatic rings. The summed E-state index contributed by atoms with van der Waals surface area (Å²) in [5, 5.41) is 7.46. The van der Waals surface area contributed by atoms with Gasteiger partial charge in [0.05, 0.1) is 22.6 Å². The first-order chi connectivity index (χ1) is 14.0. The van der Waals surface area contributed by atoms with E-state index in [0.29, 0.717) is 17.8 Å². The fourth-order valence-electron chi connectivity index (χ4n) is 3.77. The van der Waals surface area contributed by atoms with Crippen molar-refractivity contribution in [2.24, 2.45) is 0 Å². The standard InChI is InChI=1S/C22H24FN5O/c1-15-21(16(2)28(26-15)19-7-5-18(23)6-8-19)22(29)25-14-17-9-10-24-20(13-17)27-11-3-4-12-27/h5-10,13H,3-4,11-12,14H2,1-2H3,(H,25,29). The molecule has 29 heavy (non-hydrogen) atoms. The summed E-state index contributed by atoms with van der Waals surface area (Å²) in [6.45, 7) is 6.13. The Kier molecular flexibility index (Phi) is 5.29. The van der Waals surface area contributed by atoms with Crippen LogP contribution in [0.25, 0.3) is 5.69 Å². The van der Waals surface area contributed by atoms with Crippen molar-refractivity contribution < 1.29 is 9.18 Å². The quantitative estimate of drug-likeness (QED) is 0.720. The van der Waals surface area contributed by atoms with Gasteiger partial charge in [-0.15, -0.1) is 0 Å². The molecule has 0 unspecified atom stereocenters. The monoisotopic (exact) mass is 393 g/mol. The average molecular weight is 393 g/mol. The van der Waals surface area contributed by atoms with Gasteiger partial charge in [0.25, 0.3) is 5.91 Å². The lowest BCUT2D eigenvalue weighted by Gasteiger charge is -2.17. The van der Waals surface area contributed by atoms with Crippen molar-refractivity contribution in [1.82, 2.24) is 20.1 Å². The molecule has 3 heterocycles. The van der Waals surface area contributed by atoms with E-state index >= 15 is 0 Å². The van der Waals surface area contributed by atoms with Crippen LogP contribution in [-0.2, 0) is 6.54 Å². The van der Waals surface area contributed by atoms with Gasteiger partial charge < -0.3 is 10.2 Å². The number of nitrogens with one attached hydrogen (secondary N) is 1. The molecule has 2 aromatic heterocycles. The molecule has 0 saturated carbocycles. The van der Waals surface area contributed by atoms with Crippen LogP contribution in [0.5, 0.6) is 0 Å². The Morgan fingerprint density at radius 1 is 1.14 bits per heavy atom. The fraction of sp³-hybridized carbons (Fsp3) is 0.318. The molecule has 0 radical (unpaired) electrons. The van der Waals surface area contributed by atoms with Crippen LogP contribution in [-0.4, -0.2) is 33.8 Å². The van der Waals surface area contributed by atoms with Crippen molar-refractivity contribution in [2.45, 2.75) is 33.2 Å². The maximum atomic E-state index is 13.2. The maximum absolute atomic E-state index is 13.2. The number of aryl methyl sites for hydroxylation is 1. The zero-order chi connectivity index (χ0) is 20.4. The molecule has 1 aliphatic heterocycles. The summed E-state index contributed by atoms with van der Waals surface area (Å²) < 4.78 is 14.9. The van der Waals surface area contributed by atoms with Gasteiger partial charge in [0.15, 0.2) is 0 Å². The van der Waals surface area contributed by atoms with Crippen LogP contribution in [0, 0.1) is 19.7 Å². The Hall–Kier alpha value is -3.22. The van der Waals surface area contributed by atoms with Crippen molar-refractivity contribution in [3.63, 3.8) is 0 Å². The van der Waals surface area contributed by atoms with E-state index in [4.69, 9.17) is 0 Å².